The number of nitrogen functional groups attached to an aromatic ring is 1. The third-order valence-corrected chi connectivity index (χ3v) is 4.33. The number of benzene rings is 2. The second kappa shape index (κ2) is 5.31. The zero-order valence-electron chi connectivity index (χ0n) is 10.4. The Kier molecular flexibility index (Phi) is 3.72. The molecular formula is C14H11FN2O2S. The highest BCUT2D eigenvalue weighted by Crippen LogP contribution is 2.20. The summed E-state index contributed by atoms with van der Waals surface area (Å²) in [6.45, 7) is 0. The summed E-state index contributed by atoms with van der Waals surface area (Å²) in [4.78, 5) is -0.169. The molecule has 0 aliphatic heterocycles. The van der Waals surface area contributed by atoms with Crippen LogP contribution in [0.3, 0.4) is 0 Å². The molecule has 2 aromatic rings. The van der Waals surface area contributed by atoms with E-state index < -0.39 is 15.7 Å². The van der Waals surface area contributed by atoms with E-state index >= 15 is 0 Å². The van der Waals surface area contributed by atoms with Gasteiger partial charge >= 0.3 is 0 Å². The maximum atomic E-state index is 13.2. The van der Waals surface area contributed by atoms with Gasteiger partial charge in [-0.3, -0.25) is 0 Å². The molecule has 0 aliphatic rings. The maximum absolute atomic E-state index is 13.2. The second-order valence-corrected chi connectivity index (χ2v) is 6.28. The fourth-order valence-electron chi connectivity index (χ4n) is 1.80. The van der Waals surface area contributed by atoms with E-state index in [2.05, 4.69) is 0 Å². The van der Waals surface area contributed by atoms with Gasteiger partial charge in [0.05, 0.1) is 22.3 Å². The first kappa shape index (κ1) is 14.0. The lowest BCUT2D eigenvalue weighted by Crippen LogP contribution is -2.06. The fourth-order valence-corrected chi connectivity index (χ4v) is 3.19. The van der Waals surface area contributed by atoms with Crippen molar-refractivity contribution in [2.24, 2.45) is 0 Å². The molecule has 102 valence electrons. The summed E-state index contributed by atoms with van der Waals surface area (Å²) in [6, 6.07) is 11.4. The third-order valence-electron chi connectivity index (χ3n) is 2.67. The zero-order chi connectivity index (χ0) is 14.8. The Morgan fingerprint density at radius 1 is 1.20 bits per heavy atom. The van der Waals surface area contributed by atoms with Crippen LogP contribution in [0.2, 0.25) is 0 Å². The number of anilines is 1. The molecule has 6 heteroatoms. The first-order valence-corrected chi connectivity index (χ1v) is 7.34. The van der Waals surface area contributed by atoms with Gasteiger partial charge in [-0.25, -0.2) is 12.8 Å². The highest BCUT2D eigenvalue weighted by atomic mass is 32.2. The van der Waals surface area contributed by atoms with Gasteiger partial charge in [0.25, 0.3) is 0 Å². The predicted octanol–water partition coefficient (Wildman–Crippen LogP) is 2.25. The van der Waals surface area contributed by atoms with Gasteiger partial charge in [0.1, 0.15) is 5.82 Å². The van der Waals surface area contributed by atoms with Gasteiger partial charge in [-0.15, -0.1) is 0 Å². The Labute approximate surface area is 116 Å². The van der Waals surface area contributed by atoms with E-state index in [1.54, 1.807) is 18.2 Å². The monoisotopic (exact) mass is 290 g/mol. The second-order valence-electron chi connectivity index (χ2n) is 4.29. The van der Waals surface area contributed by atoms with E-state index in [9.17, 15) is 12.8 Å². The first-order valence-electron chi connectivity index (χ1n) is 5.68. The van der Waals surface area contributed by atoms with E-state index in [0.29, 0.717) is 11.1 Å². The summed E-state index contributed by atoms with van der Waals surface area (Å²) in [5.41, 5.74) is 6.33. The van der Waals surface area contributed by atoms with Gasteiger partial charge in [0.15, 0.2) is 9.84 Å². The summed E-state index contributed by atoms with van der Waals surface area (Å²) in [6.07, 6.45) is 0. The van der Waals surface area contributed by atoms with Gasteiger partial charge in [-0.1, -0.05) is 12.1 Å². The number of nitrogens with zero attached hydrogens (tertiary/aromatic N) is 1. The maximum Gasteiger partial charge on any atom is 0.182 e. The SMILES string of the molecule is N#Cc1cccc(CS(=O)(=O)c2cc(N)cc(F)c2)c1. The van der Waals surface area contributed by atoms with Crippen molar-refractivity contribution in [3.8, 4) is 6.07 Å². The Morgan fingerprint density at radius 2 is 1.95 bits per heavy atom. The number of sulfone groups is 1. The van der Waals surface area contributed by atoms with Crippen molar-refractivity contribution >= 4 is 15.5 Å². The summed E-state index contributed by atoms with van der Waals surface area (Å²) in [7, 11) is -3.71. The molecule has 0 spiro atoms. The lowest BCUT2D eigenvalue weighted by atomic mass is 10.2. The number of rotatable bonds is 3. The normalized spacial score (nSPS) is 11.0. The molecule has 0 heterocycles. The summed E-state index contributed by atoms with van der Waals surface area (Å²) < 4.78 is 37.6. The Hall–Kier alpha value is -2.39. The Morgan fingerprint density at radius 3 is 2.60 bits per heavy atom. The van der Waals surface area contributed by atoms with E-state index in [-0.39, 0.29) is 16.3 Å². The molecule has 0 fully saturated rings. The van der Waals surface area contributed by atoms with Crippen molar-refractivity contribution in [1.82, 2.24) is 0 Å². The van der Waals surface area contributed by atoms with Crippen molar-refractivity contribution < 1.29 is 12.8 Å². The number of halogens is 1. The number of hydrogen-bond donors (Lipinski definition) is 1. The molecule has 20 heavy (non-hydrogen) atoms. The molecule has 0 saturated heterocycles. The molecule has 4 nitrogen and oxygen atoms in total. The van der Waals surface area contributed by atoms with Crippen LogP contribution in [0.1, 0.15) is 11.1 Å². The van der Waals surface area contributed by atoms with Crippen molar-refractivity contribution in [3.63, 3.8) is 0 Å². The van der Waals surface area contributed by atoms with Crippen molar-refractivity contribution in [3.05, 3.63) is 59.4 Å². The molecule has 0 aromatic heterocycles. The molecule has 0 bridgehead atoms. The highest BCUT2D eigenvalue weighted by Gasteiger charge is 2.17. The lowest BCUT2D eigenvalue weighted by Gasteiger charge is -2.06. The minimum atomic E-state index is -3.71. The minimum absolute atomic E-state index is 0.0503. The van der Waals surface area contributed by atoms with Gasteiger partial charge in [-0.2, -0.15) is 5.26 Å². The summed E-state index contributed by atoms with van der Waals surface area (Å²) in [5, 5.41) is 8.78. The van der Waals surface area contributed by atoms with E-state index in [0.717, 1.165) is 12.1 Å². The zero-order valence-corrected chi connectivity index (χ0v) is 11.2. The molecule has 0 aliphatic carbocycles. The number of hydrogen-bond acceptors (Lipinski definition) is 4. The van der Waals surface area contributed by atoms with Crippen molar-refractivity contribution in [2.75, 3.05) is 5.73 Å². The molecule has 0 atom stereocenters. The molecular weight excluding hydrogens is 279 g/mol. The van der Waals surface area contributed by atoms with Gasteiger partial charge in [0, 0.05) is 5.69 Å². The van der Waals surface area contributed by atoms with Crippen LogP contribution in [0.15, 0.2) is 47.4 Å². The molecule has 0 amide bonds. The van der Waals surface area contributed by atoms with Crippen LogP contribution in [0.25, 0.3) is 0 Å². The predicted molar refractivity (Wildman–Crippen MR) is 72.9 cm³/mol. The minimum Gasteiger partial charge on any atom is -0.399 e. The smallest absolute Gasteiger partial charge is 0.182 e. The number of nitriles is 1. The van der Waals surface area contributed by atoms with Crippen LogP contribution in [0.4, 0.5) is 10.1 Å². The standard InChI is InChI=1S/C14H11FN2O2S/c15-12-5-13(17)7-14(6-12)20(18,19)9-11-3-1-2-10(4-11)8-16/h1-7H,9,17H2. The molecule has 2 N–H and O–H groups in total. The van der Waals surface area contributed by atoms with Gasteiger partial charge < -0.3 is 5.73 Å². The molecule has 2 rings (SSSR count). The van der Waals surface area contributed by atoms with E-state index in [4.69, 9.17) is 11.0 Å². The quantitative estimate of drug-likeness (QED) is 0.879. The van der Waals surface area contributed by atoms with E-state index in [1.807, 2.05) is 6.07 Å². The van der Waals surface area contributed by atoms with Crippen LogP contribution < -0.4 is 5.73 Å². The summed E-state index contributed by atoms with van der Waals surface area (Å²) in [5.74, 6) is -1.01. The summed E-state index contributed by atoms with van der Waals surface area (Å²) >= 11 is 0. The van der Waals surface area contributed by atoms with Crippen molar-refractivity contribution in [1.29, 1.82) is 5.26 Å². The van der Waals surface area contributed by atoms with E-state index in [1.165, 1.54) is 12.1 Å². The molecule has 0 saturated carbocycles. The largest absolute Gasteiger partial charge is 0.399 e. The van der Waals surface area contributed by atoms with Crippen LogP contribution in [0.5, 0.6) is 0 Å². The van der Waals surface area contributed by atoms with Gasteiger partial charge in [0.2, 0.25) is 0 Å². The van der Waals surface area contributed by atoms with Crippen LogP contribution in [-0.4, -0.2) is 8.42 Å². The lowest BCUT2D eigenvalue weighted by molar-refractivity contribution is 0.590. The highest BCUT2D eigenvalue weighted by molar-refractivity contribution is 7.90. The molecule has 0 unspecified atom stereocenters. The Balaban J connectivity index is 2.38. The first-order chi connectivity index (χ1) is 9.40. The topological polar surface area (TPSA) is 84.0 Å². The molecule has 2 aromatic carbocycles. The Bertz CT molecular complexity index is 775. The molecule has 0 radical (unpaired) electrons. The van der Waals surface area contributed by atoms with Crippen LogP contribution in [0, 0.1) is 17.1 Å². The number of nitrogens with two attached hydrogens (primary N) is 1. The average molecular weight is 290 g/mol. The van der Waals surface area contributed by atoms with Gasteiger partial charge in [-0.05, 0) is 35.9 Å². The van der Waals surface area contributed by atoms with Crippen molar-refractivity contribution in [2.45, 2.75) is 10.6 Å². The average Bonchev–Trinajstić information content (AvgIpc) is 2.37. The fraction of sp³-hybridized carbons (Fsp3) is 0.0714. The van der Waals surface area contributed by atoms with Crippen LogP contribution >= 0.6 is 0 Å². The van der Waals surface area contributed by atoms with Crippen LogP contribution in [-0.2, 0) is 15.6 Å². The third kappa shape index (κ3) is 3.13.